The Bertz CT molecular complexity index is 608. The Labute approximate surface area is 110 Å². The van der Waals surface area contributed by atoms with Crippen molar-refractivity contribution in [3.05, 3.63) is 71.3 Å². The lowest BCUT2D eigenvalue weighted by atomic mass is 10.00. The molecule has 0 aliphatic rings. The molecule has 86 valence electrons. The van der Waals surface area contributed by atoms with E-state index in [1.54, 1.807) is 6.07 Å². The fourth-order valence-corrected chi connectivity index (χ4v) is 2.55. The molecule has 0 bridgehead atoms. The van der Waals surface area contributed by atoms with Crippen LogP contribution in [0.25, 0.3) is 0 Å². The van der Waals surface area contributed by atoms with Crippen LogP contribution in [0.15, 0.2) is 54.6 Å². The molecule has 2 aromatic carbocycles. The van der Waals surface area contributed by atoms with Crippen molar-refractivity contribution in [3.8, 4) is 11.5 Å². The highest BCUT2D eigenvalue weighted by atomic mass is 32.2. The Morgan fingerprint density at radius 3 is 2.22 bits per heavy atom. The van der Waals surface area contributed by atoms with E-state index >= 15 is 0 Å². The Balaban J connectivity index is 2.50. The first kappa shape index (κ1) is 12.2. The van der Waals surface area contributed by atoms with Crippen molar-refractivity contribution < 1.29 is 0 Å². The lowest BCUT2D eigenvalue weighted by Gasteiger charge is -2.14. The molecular weight excluding hydrogens is 240 g/mol. The van der Waals surface area contributed by atoms with E-state index < -0.39 is 0 Å². The van der Waals surface area contributed by atoms with Gasteiger partial charge in [0.05, 0.1) is 16.9 Å². The highest BCUT2D eigenvalue weighted by molar-refractivity contribution is 8.04. The largest absolute Gasteiger partial charge is 0.192 e. The van der Waals surface area contributed by atoms with Gasteiger partial charge < -0.3 is 0 Å². The summed E-state index contributed by atoms with van der Waals surface area (Å²) in [5.74, 6) is 0. The monoisotopic (exact) mass is 250 g/mol. The minimum Gasteiger partial charge on any atom is -0.192 e. The van der Waals surface area contributed by atoms with E-state index in [0.717, 1.165) is 11.1 Å². The van der Waals surface area contributed by atoms with E-state index in [0.29, 0.717) is 5.56 Å². The first-order valence-electron chi connectivity index (χ1n) is 5.45. The fraction of sp³-hybridized carbons (Fsp3) is 0.0667. The minimum absolute atomic E-state index is 0.118. The number of nitrogens with zero attached hydrogens (tertiary/aromatic N) is 2. The zero-order chi connectivity index (χ0) is 12.8. The van der Waals surface area contributed by atoms with Gasteiger partial charge in [-0.05, 0) is 29.0 Å². The van der Waals surface area contributed by atoms with Gasteiger partial charge in [0.1, 0.15) is 5.40 Å². The van der Waals surface area contributed by atoms with E-state index in [2.05, 4.69) is 11.5 Å². The number of rotatable bonds is 3. The average Bonchev–Trinajstić information content (AvgIpc) is 2.46. The lowest BCUT2D eigenvalue weighted by molar-refractivity contribution is 1.15. The standard InChI is InChI=1S/C15H10N2S/c16-10-13-8-4-5-9-14(13)15(18-11-17)12-6-2-1-3-7-12/h1-9,15H. The molecular formula is C15H10N2S. The van der Waals surface area contributed by atoms with Gasteiger partial charge in [0.25, 0.3) is 0 Å². The van der Waals surface area contributed by atoms with Gasteiger partial charge in [-0.25, -0.2) is 0 Å². The Morgan fingerprint density at radius 2 is 1.56 bits per heavy atom. The van der Waals surface area contributed by atoms with Crippen LogP contribution in [0.2, 0.25) is 0 Å². The van der Waals surface area contributed by atoms with Gasteiger partial charge in [0, 0.05) is 0 Å². The zero-order valence-electron chi connectivity index (χ0n) is 9.58. The van der Waals surface area contributed by atoms with Gasteiger partial charge in [0.2, 0.25) is 0 Å². The second-order valence-corrected chi connectivity index (χ2v) is 4.59. The predicted octanol–water partition coefficient (Wildman–Crippen LogP) is 3.86. The first-order chi connectivity index (χ1) is 8.86. The van der Waals surface area contributed by atoms with E-state index in [9.17, 15) is 0 Å². The van der Waals surface area contributed by atoms with Crippen LogP contribution < -0.4 is 0 Å². The summed E-state index contributed by atoms with van der Waals surface area (Å²) in [6, 6.07) is 19.4. The summed E-state index contributed by atoms with van der Waals surface area (Å²) in [5.41, 5.74) is 2.54. The lowest BCUT2D eigenvalue weighted by Crippen LogP contribution is -1.98. The van der Waals surface area contributed by atoms with Gasteiger partial charge in [-0.15, -0.1) is 0 Å². The molecule has 0 radical (unpaired) electrons. The fourth-order valence-electron chi connectivity index (χ4n) is 1.82. The molecule has 0 saturated carbocycles. The molecule has 18 heavy (non-hydrogen) atoms. The van der Waals surface area contributed by atoms with Gasteiger partial charge in [-0.2, -0.15) is 10.5 Å². The van der Waals surface area contributed by atoms with Gasteiger partial charge >= 0.3 is 0 Å². The number of hydrogen-bond acceptors (Lipinski definition) is 3. The van der Waals surface area contributed by atoms with Crippen LogP contribution in [-0.2, 0) is 0 Å². The molecule has 0 amide bonds. The number of nitriles is 2. The summed E-state index contributed by atoms with van der Waals surface area (Å²) in [4.78, 5) is 0. The van der Waals surface area contributed by atoms with Crippen molar-refractivity contribution >= 4 is 11.8 Å². The van der Waals surface area contributed by atoms with Crippen molar-refractivity contribution in [2.75, 3.05) is 0 Å². The van der Waals surface area contributed by atoms with Crippen LogP contribution in [0.4, 0.5) is 0 Å². The molecule has 0 fully saturated rings. The highest BCUT2D eigenvalue weighted by Crippen LogP contribution is 2.36. The first-order valence-corrected chi connectivity index (χ1v) is 6.33. The third kappa shape index (κ3) is 2.53. The second kappa shape index (κ2) is 5.91. The van der Waals surface area contributed by atoms with Crippen molar-refractivity contribution in [1.29, 1.82) is 10.5 Å². The molecule has 0 N–H and O–H groups in total. The van der Waals surface area contributed by atoms with Gasteiger partial charge in [-0.1, -0.05) is 48.5 Å². The molecule has 0 aliphatic heterocycles. The number of thioether (sulfide) groups is 1. The second-order valence-electron chi connectivity index (χ2n) is 3.70. The predicted molar refractivity (Wildman–Crippen MR) is 72.6 cm³/mol. The van der Waals surface area contributed by atoms with Crippen molar-refractivity contribution in [1.82, 2.24) is 0 Å². The van der Waals surface area contributed by atoms with Crippen LogP contribution in [-0.4, -0.2) is 0 Å². The van der Waals surface area contributed by atoms with Crippen molar-refractivity contribution in [2.45, 2.75) is 5.25 Å². The summed E-state index contributed by atoms with van der Waals surface area (Å²) in [5, 5.41) is 20.1. The highest BCUT2D eigenvalue weighted by Gasteiger charge is 2.17. The molecule has 2 nitrogen and oxygen atoms in total. The van der Waals surface area contributed by atoms with Crippen LogP contribution in [0.5, 0.6) is 0 Å². The van der Waals surface area contributed by atoms with Gasteiger partial charge in [0.15, 0.2) is 0 Å². The van der Waals surface area contributed by atoms with E-state index in [4.69, 9.17) is 10.5 Å². The van der Waals surface area contributed by atoms with Crippen LogP contribution >= 0.6 is 11.8 Å². The van der Waals surface area contributed by atoms with Crippen LogP contribution in [0.1, 0.15) is 21.9 Å². The molecule has 0 heterocycles. The smallest absolute Gasteiger partial charge is 0.134 e. The normalized spacial score (nSPS) is 11.2. The van der Waals surface area contributed by atoms with Crippen LogP contribution in [0, 0.1) is 22.0 Å². The van der Waals surface area contributed by atoms with Gasteiger partial charge in [-0.3, -0.25) is 0 Å². The maximum absolute atomic E-state index is 9.14. The topological polar surface area (TPSA) is 47.6 Å². The summed E-state index contributed by atoms with van der Waals surface area (Å²) < 4.78 is 0. The molecule has 3 heteroatoms. The number of benzene rings is 2. The van der Waals surface area contributed by atoms with Crippen molar-refractivity contribution in [2.24, 2.45) is 0 Å². The third-order valence-corrected chi connectivity index (χ3v) is 3.50. The molecule has 0 aliphatic carbocycles. The summed E-state index contributed by atoms with van der Waals surface area (Å²) in [6.45, 7) is 0. The Kier molecular flexibility index (Phi) is 4.02. The Hall–Kier alpha value is -2.23. The minimum atomic E-state index is -0.118. The van der Waals surface area contributed by atoms with E-state index in [1.165, 1.54) is 11.8 Å². The molecule has 0 spiro atoms. The molecule has 0 saturated heterocycles. The van der Waals surface area contributed by atoms with Crippen LogP contribution in [0.3, 0.4) is 0 Å². The van der Waals surface area contributed by atoms with E-state index in [1.807, 2.05) is 48.5 Å². The number of thiocyanates is 1. The van der Waals surface area contributed by atoms with E-state index in [-0.39, 0.29) is 5.25 Å². The quantitative estimate of drug-likeness (QED) is 0.777. The molecule has 1 atom stereocenters. The summed E-state index contributed by atoms with van der Waals surface area (Å²) >= 11 is 1.17. The third-order valence-electron chi connectivity index (χ3n) is 2.64. The molecule has 0 aromatic heterocycles. The summed E-state index contributed by atoms with van der Waals surface area (Å²) in [7, 11) is 0. The maximum Gasteiger partial charge on any atom is 0.134 e. The molecule has 2 rings (SSSR count). The molecule has 2 aromatic rings. The average molecular weight is 250 g/mol. The van der Waals surface area contributed by atoms with Crippen molar-refractivity contribution in [3.63, 3.8) is 0 Å². The SMILES string of the molecule is N#CSC(c1ccccc1)c1ccccc1C#N. The maximum atomic E-state index is 9.14. The summed E-state index contributed by atoms with van der Waals surface area (Å²) in [6.07, 6.45) is 0. The molecule has 1 unspecified atom stereocenters. The Morgan fingerprint density at radius 1 is 0.889 bits per heavy atom. The number of hydrogen-bond donors (Lipinski definition) is 0. The zero-order valence-corrected chi connectivity index (χ0v) is 10.4.